The number of aromatic carboxylic acids is 1. The Morgan fingerprint density at radius 1 is 1.38 bits per heavy atom. The number of ether oxygens (including phenoxy) is 1. The number of carboxylic acids is 1. The van der Waals surface area contributed by atoms with Crippen LogP contribution in [0, 0.1) is 5.92 Å². The number of carbonyl (C=O) groups is 2. The molecule has 0 saturated carbocycles. The van der Waals surface area contributed by atoms with Crippen LogP contribution in [-0.2, 0) is 4.74 Å². The summed E-state index contributed by atoms with van der Waals surface area (Å²) in [5, 5.41) is 14.7. The first-order chi connectivity index (χ1) is 9.85. The van der Waals surface area contributed by atoms with Crippen LogP contribution in [0.4, 0.5) is 10.5 Å². The topological polar surface area (TPSA) is 87.7 Å². The summed E-state index contributed by atoms with van der Waals surface area (Å²) < 4.78 is 5.04. The van der Waals surface area contributed by atoms with E-state index in [2.05, 4.69) is 10.6 Å². The predicted octanol–water partition coefficient (Wildman–Crippen LogP) is 2.83. The highest BCUT2D eigenvalue weighted by atomic mass is 35.5. The van der Waals surface area contributed by atoms with Gasteiger partial charge in [-0.15, -0.1) is 0 Å². The van der Waals surface area contributed by atoms with Gasteiger partial charge in [0.15, 0.2) is 0 Å². The van der Waals surface area contributed by atoms with E-state index in [0.29, 0.717) is 6.61 Å². The van der Waals surface area contributed by atoms with Gasteiger partial charge in [-0.25, -0.2) is 9.59 Å². The van der Waals surface area contributed by atoms with Gasteiger partial charge in [0.2, 0.25) is 0 Å². The number of hydrogen-bond acceptors (Lipinski definition) is 3. The third-order valence-electron chi connectivity index (χ3n) is 2.93. The number of rotatable bonds is 6. The SMILES string of the molecule is COCC(NC(=O)Nc1ccc(Cl)cc1C(=O)O)C(C)C. The molecule has 0 radical (unpaired) electrons. The number of hydrogen-bond donors (Lipinski definition) is 3. The van der Waals surface area contributed by atoms with Crippen molar-refractivity contribution >= 4 is 29.3 Å². The van der Waals surface area contributed by atoms with Crippen LogP contribution in [0.2, 0.25) is 5.02 Å². The van der Waals surface area contributed by atoms with Gasteiger partial charge in [-0.05, 0) is 24.1 Å². The number of carboxylic acid groups (broad SMARTS) is 1. The minimum Gasteiger partial charge on any atom is -0.478 e. The normalized spacial score (nSPS) is 12.0. The second kappa shape index (κ2) is 7.85. The van der Waals surface area contributed by atoms with Crippen LogP contribution >= 0.6 is 11.6 Å². The molecule has 1 rings (SSSR count). The van der Waals surface area contributed by atoms with E-state index in [1.807, 2.05) is 13.8 Å². The smallest absolute Gasteiger partial charge is 0.337 e. The molecule has 0 bridgehead atoms. The van der Waals surface area contributed by atoms with Gasteiger partial charge in [0, 0.05) is 12.1 Å². The first-order valence-corrected chi connectivity index (χ1v) is 6.82. The van der Waals surface area contributed by atoms with E-state index in [-0.39, 0.29) is 28.2 Å². The number of amides is 2. The van der Waals surface area contributed by atoms with Gasteiger partial charge < -0.3 is 20.5 Å². The molecule has 1 aromatic carbocycles. The third kappa shape index (κ3) is 5.24. The molecule has 116 valence electrons. The van der Waals surface area contributed by atoms with Crippen LogP contribution in [-0.4, -0.2) is 36.9 Å². The Morgan fingerprint density at radius 3 is 2.57 bits per heavy atom. The summed E-state index contributed by atoms with van der Waals surface area (Å²) in [4.78, 5) is 23.1. The number of benzene rings is 1. The molecule has 0 saturated heterocycles. The summed E-state index contributed by atoms with van der Waals surface area (Å²) in [7, 11) is 1.55. The van der Waals surface area contributed by atoms with Crippen molar-refractivity contribution in [2.75, 3.05) is 19.0 Å². The fourth-order valence-electron chi connectivity index (χ4n) is 1.71. The van der Waals surface area contributed by atoms with E-state index < -0.39 is 12.0 Å². The maximum atomic E-state index is 12.0. The van der Waals surface area contributed by atoms with Crippen LogP contribution in [0.5, 0.6) is 0 Å². The van der Waals surface area contributed by atoms with Gasteiger partial charge >= 0.3 is 12.0 Å². The quantitative estimate of drug-likeness (QED) is 0.753. The molecule has 1 atom stereocenters. The molecule has 0 aliphatic rings. The first kappa shape index (κ1) is 17.3. The summed E-state index contributed by atoms with van der Waals surface area (Å²) >= 11 is 5.76. The molecule has 1 unspecified atom stereocenters. The lowest BCUT2D eigenvalue weighted by molar-refractivity contribution is 0.0698. The van der Waals surface area contributed by atoms with Gasteiger partial charge in [0.25, 0.3) is 0 Å². The zero-order valence-electron chi connectivity index (χ0n) is 12.1. The zero-order chi connectivity index (χ0) is 16.0. The molecule has 2 amide bonds. The van der Waals surface area contributed by atoms with Gasteiger partial charge in [0.05, 0.1) is 23.9 Å². The van der Waals surface area contributed by atoms with Crippen molar-refractivity contribution in [3.05, 3.63) is 28.8 Å². The Bertz CT molecular complexity index is 520. The van der Waals surface area contributed by atoms with E-state index in [0.717, 1.165) is 0 Å². The second-order valence-corrected chi connectivity index (χ2v) is 5.34. The van der Waals surface area contributed by atoms with Gasteiger partial charge in [-0.1, -0.05) is 25.4 Å². The number of urea groups is 1. The fourth-order valence-corrected chi connectivity index (χ4v) is 1.88. The molecule has 3 N–H and O–H groups in total. The van der Waals surface area contributed by atoms with E-state index in [1.54, 1.807) is 7.11 Å². The Kier molecular flexibility index (Phi) is 6.45. The fraction of sp³-hybridized carbons (Fsp3) is 0.429. The highest BCUT2D eigenvalue weighted by Gasteiger charge is 2.18. The third-order valence-corrected chi connectivity index (χ3v) is 3.16. The van der Waals surface area contributed by atoms with E-state index in [9.17, 15) is 9.59 Å². The average molecular weight is 315 g/mol. The Balaban J connectivity index is 2.81. The molecular weight excluding hydrogens is 296 g/mol. The van der Waals surface area contributed by atoms with Crippen LogP contribution in [0.15, 0.2) is 18.2 Å². The number of anilines is 1. The first-order valence-electron chi connectivity index (χ1n) is 6.44. The number of methoxy groups -OCH3 is 1. The van der Waals surface area contributed by atoms with Crippen LogP contribution in [0.1, 0.15) is 24.2 Å². The van der Waals surface area contributed by atoms with Gasteiger partial charge in [-0.3, -0.25) is 0 Å². The Morgan fingerprint density at radius 2 is 2.05 bits per heavy atom. The summed E-state index contributed by atoms with van der Waals surface area (Å²) in [5.74, 6) is -0.982. The number of nitrogens with one attached hydrogen (secondary N) is 2. The lowest BCUT2D eigenvalue weighted by Crippen LogP contribution is -2.43. The highest BCUT2D eigenvalue weighted by Crippen LogP contribution is 2.20. The standard InChI is InChI=1S/C14H19ClN2O4/c1-8(2)12(7-21-3)17-14(20)16-11-5-4-9(15)6-10(11)13(18)19/h4-6,8,12H,7H2,1-3H3,(H,18,19)(H2,16,17,20). The van der Waals surface area contributed by atoms with Crippen LogP contribution in [0.25, 0.3) is 0 Å². The lowest BCUT2D eigenvalue weighted by Gasteiger charge is -2.22. The molecule has 0 spiro atoms. The molecule has 6 nitrogen and oxygen atoms in total. The minimum atomic E-state index is -1.16. The second-order valence-electron chi connectivity index (χ2n) is 4.90. The van der Waals surface area contributed by atoms with Crippen LogP contribution in [0.3, 0.4) is 0 Å². The molecular formula is C14H19ClN2O4. The molecule has 0 heterocycles. The van der Waals surface area contributed by atoms with Crippen molar-refractivity contribution in [3.8, 4) is 0 Å². The molecule has 21 heavy (non-hydrogen) atoms. The van der Waals surface area contributed by atoms with E-state index in [1.165, 1.54) is 18.2 Å². The Labute approximate surface area is 128 Å². The largest absolute Gasteiger partial charge is 0.478 e. The number of carbonyl (C=O) groups excluding carboxylic acids is 1. The molecule has 7 heteroatoms. The number of halogens is 1. The van der Waals surface area contributed by atoms with Gasteiger partial charge in [-0.2, -0.15) is 0 Å². The van der Waals surface area contributed by atoms with Crippen molar-refractivity contribution in [1.82, 2.24) is 5.32 Å². The van der Waals surface area contributed by atoms with Crippen molar-refractivity contribution in [3.63, 3.8) is 0 Å². The molecule has 0 aliphatic carbocycles. The minimum absolute atomic E-state index is 0.0644. The summed E-state index contributed by atoms with van der Waals surface area (Å²) in [6.45, 7) is 4.28. The summed E-state index contributed by atoms with van der Waals surface area (Å²) in [6, 6.07) is 3.59. The lowest BCUT2D eigenvalue weighted by atomic mass is 10.1. The summed E-state index contributed by atoms with van der Waals surface area (Å²) in [5.41, 5.74) is 0.120. The predicted molar refractivity (Wildman–Crippen MR) is 81.1 cm³/mol. The maximum Gasteiger partial charge on any atom is 0.337 e. The van der Waals surface area contributed by atoms with Crippen molar-refractivity contribution in [2.24, 2.45) is 5.92 Å². The monoisotopic (exact) mass is 314 g/mol. The van der Waals surface area contributed by atoms with E-state index in [4.69, 9.17) is 21.4 Å². The van der Waals surface area contributed by atoms with E-state index >= 15 is 0 Å². The molecule has 0 fully saturated rings. The van der Waals surface area contributed by atoms with Crippen LogP contribution < -0.4 is 10.6 Å². The maximum absolute atomic E-state index is 12.0. The highest BCUT2D eigenvalue weighted by molar-refractivity contribution is 6.31. The zero-order valence-corrected chi connectivity index (χ0v) is 12.9. The average Bonchev–Trinajstić information content (AvgIpc) is 2.40. The molecule has 0 aliphatic heterocycles. The van der Waals surface area contributed by atoms with Crippen molar-refractivity contribution < 1.29 is 19.4 Å². The molecule has 1 aromatic rings. The van der Waals surface area contributed by atoms with Crippen molar-refractivity contribution in [1.29, 1.82) is 0 Å². The summed E-state index contributed by atoms with van der Waals surface area (Å²) in [6.07, 6.45) is 0. The Hall–Kier alpha value is -1.79. The van der Waals surface area contributed by atoms with Gasteiger partial charge in [0.1, 0.15) is 0 Å². The van der Waals surface area contributed by atoms with Crippen molar-refractivity contribution in [2.45, 2.75) is 19.9 Å². The molecule has 0 aromatic heterocycles.